The van der Waals surface area contributed by atoms with Gasteiger partial charge >= 0.3 is 0 Å². The monoisotopic (exact) mass is 172 g/mol. The fourth-order valence-electron chi connectivity index (χ4n) is 1.22. The van der Waals surface area contributed by atoms with Crippen molar-refractivity contribution in [3.05, 3.63) is 39.3 Å². The van der Waals surface area contributed by atoms with Crippen LogP contribution in [-0.2, 0) is 0 Å². The summed E-state index contributed by atoms with van der Waals surface area (Å²) in [4.78, 5) is 2.73. The highest BCUT2D eigenvalue weighted by molar-refractivity contribution is 5.55. The van der Waals surface area contributed by atoms with E-state index in [1.54, 1.807) is 12.1 Å². The lowest BCUT2D eigenvalue weighted by Gasteiger charge is -2.03. The van der Waals surface area contributed by atoms with Gasteiger partial charge in [-0.1, -0.05) is 5.11 Å². The summed E-state index contributed by atoms with van der Waals surface area (Å²) in [5, 5.41) is 12.2. The van der Waals surface area contributed by atoms with Crippen molar-refractivity contribution in [2.24, 2.45) is 5.11 Å². The molecule has 0 aliphatic rings. The van der Waals surface area contributed by atoms with E-state index in [1.165, 1.54) is 0 Å². The third kappa shape index (κ3) is 1.78. The normalized spacial score (nSPS) is 8.69. The van der Waals surface area contributed by atoms with Gasteiger partial charge in [0.15, 0.2) is 0 Å². The minimum atomic E-state index is 0.590. The van der Waals surface area contributed by atoms with Crippen molar-refractivity contribution in [2.45, 2.75) is 13.8 Å². The summed E-state index contributed by atoms with van der Waals surface area (Å²) in [6, 6.07) is 5.45. The molecule has 0 aliphatic heterocycles. The van der Waals surface area contributed by atoms with E-state index in [4.69, 9.17) is 10.8 Å². The molecule has 1 aromatic rings. The second-order valence-electron chi connectivity index (χ2n) is 2.76. The zero-order valence-electron chi connectivity index (χ0n) is 7.44. The van der Waals surface area contributed by atoms with Crippen LogP contribution in [0, 0.1) is 25.2 Å². The quantitative estimate of drug-likeness (QED) is 0.364. The first-order valence-electron chi connectivity index (χ1n) is 3.75. The number of rotatable bonds is 1. The average molecular weight is 172 g/mol. The number of hydrogen-bond donors (Lipinski definition) is 0. The third-order valence-corrected chi connectivity index (χ3v) is 1.76. The molecule has 0 spiro atoms. The Balaban J connectivity index is 3.41. The fraction of sp³-hybridized carbons (Fsp3) is 0.222. The Morgan fingerprint density at radius 3 is 2.31 bits per heavy atom. The van der Waals surface area contributed by atoms with Gasteiger partial charge in [0, 0.05) is 10.6 Å². The average Bonchev–Trinajstić information content (AvgIpc) is 2.11. The van der Waals surface area contributed by atoms with E-state index in [0.29, 0.717) is 11.3 Å². The summed E-state index contributed by atoms with van der Waals surface area (Å²) in [7, 11) is 0. The molecule has 4 nitrogen and oxygen atoms in total. The Morgan fingerprint density at radius 1 is 1.38 bits per heavy atom. The van der Waals surface area contributed by atoms with Crippen molar-refractivity contribution < 1.29 is 0 Å². The van der Waals surface area contributed by atoms with Crippen LogP contribution >= 0.6 is 0 Å². The van der Waals surface area contributed by atoms with Gasteiger partial charge < -0.3 is 0 Å². The van der Waals surface area contributed by atoms with E-state index < -0.39 is 0 Å². The molecule has 0 amide bonds. The summed E-state index contributed by atoms with van der Waals surface area (Å²) in [5.41, 5.74) is 11.1. The highest BCUT2D eigenvalue weighted by Crippen LogP contribution is 2.24. The van der Waals surface area contributed by atoms with Gasteiger partial charge in [0.2, 0.25) is 0 Å². The smallest absolute Gasteiger partial charge is 0.0991 e. The van der Waals surface area contributed by atoms with Crippen LogP contribution < -0.4 is 0 Å². The van der Waals surface area contributed by atoms with E-state index in [9.17, 15) is 0 Å². The highest BCUT2D eigenvalue weighted by atomic mass is 15.1. The number of nitrogens with zero attached hydrogens (tertiary/aromatic N) is 4. The van der Waals surface area contributed by atoms with Gasteiger partial charge in [-0.25, -0.2) is 0 Å². The largest absolute Gasteiger partial charge is 0.192 e. The molecular formula is C9H8N4. The van der Waals surface area contributed by atoms with E-state index in [0.717, 1.165) is 11.1 Å². The second-order valence-corrected chi connectivity index (χ2v) is 2.76. The molecule has 0 fully saturated rings. The summed E-state index contributed by atoms with van der Waals surface area (Å²) >= 11 is 0. The molecule has 13 heavy (non-hydrogen) atoms. The van der Waals surface area contributed by atoms with Crippen LogP contribution in [-0.4, -0.2) is 0 Å². The number of nitriles is 1. The predicted octanol–water partition coefficient (Wildman–Crippen LogP) is 3.12. The highest BCUT2D eigenvalue weighted by Gasteiger charge is 2.02. The van der Waals surface area contributed by atoms with Crippen LogP contribution in [0.2, 0.25) is 0 Å². The molecule has 0 saturated carbocycles. The minimum absolute atomic E-state index is 0.590. The first-order valence-corrected chi connectivity index (χ1v) is 3.75. The second kappa shape index (κ2) is 3.61. The maximum absolute atomic E-state index is 8.65. The standard InChI is InChI=1S/C9H8N4/c1-6-3-8(5-10)4-7(2)9(6)12-13-11/h3-4H,1-2H3. The van der Waals surface area contributed by atoms with Gasteiger partial charge in [-0.05, 0) is 42.6 Å². The molecule has 0 saturated heterocycles. The van der Waals surface area contributed by atoms with Crippen molar-refractivity contribution >= 4 is 5.69 Å². The van der Waals surface area contributed by atoms with E-state index >= 15 is 0 Å². The first kappa shape index (κ1) is 9.11. The lowest BCUT2D eigenvalue weighted by atomic mass is 10.1. The van der Waals surface area contributed by atoms with Crippen LogP contribution in [0.25, 0.3) is 10.4 Å². The van der Waals surface area contributed by atoms with Crippen LogP contribution in [0.15, 0.2) is 17.2 Å². The molecule has 1 aromatic carbocycles. The van der Waals surface area contributed by atoms with Gasteiger partial charge in [-0.15, -0.1) is 0 Å². The predicted molar refractivity (Wildman–Crippen MR) is 49.4 cm³/mol. The molecular weight excluding hydrogens is 164 g/mol. The number of hydrogen-bond acceptors (Lipinski definition) is 2. The van der Waals surface area contributed by atoms with Crippen molar-refractivity contribution in [2.75, 3.05) is 0 Å². The number of aryl methyl sites for hydroxylation is 2. The zero-order chi connectivity index (χ0) is 9.84. The van der Waals surface area contributed by atoms with Crippen LogP contribution in [0.4, 0.5) is 5.69 Å². The molecule has 0 aromatic heterocycles. The summed E-state index contributed by atoms with van der Waals surface area (Å²) in [6.45, 7) is 3.63. The van der Waals surface area contributed by atoms with E-state index in [1.807, 2.05) is 19.9 Å². The summed E-state index contributed by atoms with van der Waals surface area (Å²) in [6.07, 6.45) is 0. The van der Waals surface area contributed by atoms with Gasteiger partial charge in [0.1, 0.15) is 0 Å². The topological polar surface area (TPSA) is 72.5 Å². The lowest BCUT2D eigenvalue weighted by molar-refractivity contribution is 1.30. The van der Waals surface area contributed by atoms with Crippen molar-refractivity contribution in [3.63, 3.8) is 0 Å². The van der Waals surface area contributed by atoms with Crippen molar-refractivity contribution in [1.82, 2.24) is 0 Å². The summed E-state index contributed by atoms with van der Waals surface area (Å²) < 4.78 is 0. The molecule has 0 bridgehead atoms. The zero-order valence-corrected chi connectivity index (χ0v) is 7.44. The Bertz CT molecular complexity index is 399. The van der Waals surface area contributed by atoms with Gasteiger partial charge in [-0.2, -0.15) is 5.26 Å². The Kier molecular flexibility index (Phi) is 2.53. The number of benzene rings is 1. The molecule has 1 rings (SSSR count). The molecule has 64 valence electrons. The molecule has 0 radical (unpaired) electrons. The summed E-state index contributed by atoms with van der Waals surface area (Å²) in [5.74, 6) is 0. The van der Waals surface area contributed by atoms with Crippen molar-refractivity contribution in [1.29, 1.82) is 5.26 Å². The number of azide groups is 1. The van der Waals surface area contributed by atoms with Gasteiger partial charge in [0.05, 0.1) is 11.6 Å². The maximum atomic E-state index is 8.65. The molecule has 4 heteroatoms. The van der Waals surface area contributed by atoms with Gasteiger partial charge in [-0.3, -0.25) is 0 Å². The fourth-order valence-corrected chi connectivity index (χ4v) is 1.22. The van der Waals surface area contributed by atoms with Crippen molar-refractivity contribution in [3.8, 4) is 6.07 Å². The molecule has 0 atom stereocenters. The molecule has 0 heterocycles. The van der Waals surface area contributed by atoms with Crippen LogP contribution in [0.3, 0.4) is 0 Å². The molecule has 0 unspecified atom stereocenters. The SMILES string of the molecule is Cc1cc(C#N)cc(C)c1N=[N+]=[N-]. The first-order chi connectivity index (χ1) is 6.19. The Labute approximate surface area is 76.1 Å². The van der Waals surface area contributed by atoms with E-state index in [2.05, 4.69) is 10.0 Å². The Hall–Kier alpha value is -1.98. The van der Waals surface area contributed by atoms with E-state index in [-0.39, 0.29) is 0 Å². The lowest BCUT2D eigenvalue weighted by Crippen LogP contribution is -1.83. The van der Waals surface area contributed by atoms with Gasteiger partial charge in [0.25, 0.3) is 0 Å². The molecule has 0 aliphatic carbocycles. The van der Waals surface area contributed by atoms with Crippen LogP contribution in [0.1, 0.15) is 16.7 Å². The minimum Gasteiger partial charge on any atom is -0.192 e. The Morgan fingerprint density at radius 2 is 1.92 bits per heavy atom. The third-order valence-electron chi connectivity index (χ3n) is 1.76. The molecule has 0 N–H and O–H groups in total. The maximum Gasteiger partial charge on any atom is 0.0991 e. The van der Waals surface area contributed by atoms with Crippen LogP contribution in [0.5, 0.6) is 0 Å².